The first-order valence-electron chi connectivity index (χ1n) is 7.26. The van der Waals surface area contributed by atoms with Gasteiger partial charge in [-0.15, -0.1) is 0 Å². The van der Waals surface area contributed by atoms with Crippen LogP contribution in [-0.2, 0) is 0 Å². The molecule has 4 nitrogen and oxygen atoms in total. The number of aromatic nitrogens is 1. The largest absolute Gasteiger partial charge is 0.494 e. The maximum Gasteiger partial charge on any atom is 0.336 e. The molecule has 0 aliphatic heterocycles. The van der Waals surface area contributed by atoms with Gasteiger partial charge in [0.1, 0.15) is 17.4 Å². The molecule has 1 aromatic heterocycles. The van der Waals surface area contributed by atoms with Crippen LogP contribution in [0.15, 0.2) is 42.5 Å². The van der Waals surface area contributed by atoms with Crippen molar-refractivity contribution in [1.29, 1.82) is 0 Å². The molecule has 0 unspecified atom stereocenters. The smallest absolute Gasteiger partial charge is 0.336 e. The van der Waals surface area contributed by atoms with Gasteiger partial charge in [-0.3, -0.25) is 0 Å². The van der Waals surface area contributed by atoms with Crippen LogP contribution in [0.3, 0.4) is 0 Å². The van der Waals surface area contributed by atoms with E-state index in [1.54, 1.807) is 24.3 Å². The number of benzene rings is 2. The van der Waals surface area contributed by atoms with Crippen LogP contribution in [0.25, 0.3) is 22.2 Å². The second kappa shape index (κ2) is 6.23. The summed E-state index contributed by atoms with van der Waals surface area (Å²) in [5, 5.41) is 9.14. The van der Waals surface area contributed by atoms with Crippen LogP contribution in [0, 0.1) is 11.6 Å². The summed E-state index contributed by atoms with van der Waals surface area (Å²) in [6.07, 6.45) is 0. The number of rotatable bonds is 4. The van der Waals surface area contributed by atoms with Crippen LogP contribution in [0.5, 0.6) is 5.75 Å². The van der Waals surface area contributed by atoms with Crippen LogP contribution in [0.4, 0.5) is 8.78 Å². The molecule has 122 valence electrons. The van der Waals surface area contributed by atoms with Crippen molar-refractivity contribution in [2.45, 2.75) is 6.92 Å². The van der Waals surface area contributed by atoms with E-state index in [1.807, 2.05) is 6.92 Å². The lowest BCUT2D eigenvalue weighted by atomic mass is 10.0. The molecular formula is C18H13F2NO3. The molecule has 0 radical (unpaired) electrons. The normalized spacial score (nSPS) is 10.8. The topological polar surface area (TPSA) is 59.4 Å². The Morgan fingerprint density at radius 3 is 2.50 bits per heavy atom. The lowest BCUT2D eigenvalue weighted by Crippen LogP contribution is -2.02. The number of carbonyl (C=O) groups is 1. The maximum atomic E-state index is 14.0. The number of carboxylic acid groups (broad SMARTS) is 1. The van der Waals surface area contributed by atoms with E-state index in [1.165, 1.54) is 6.07 Å². The third-order valence-corrected chi connectivity index (χ3v) is 3.52. The summed E-state index contributed by atoms with van der Waals surface area (Å²) >= 11 is 0. The molecule has 0 atom stereocenters. The zero-order chi connectivity index (χ0) is 17.3. The molecule has 0 bridgehead atoms. The first-order chi connectivity index (χ1) is 11.5. The minimum absolute atomic E-state index is 0.0451. The number of ether oxygens (including phenoxy) is 1. The summed E-state index contributed by atoms with van der Waals surface area (Å²) in [4.78, 5) is 15.7. The predicted octanol–water partition coefficient (Wildman–Crippen LogP) is 4.28. The van der Waals surface area contributed by atoms with E-state index in [2.05, 4.69) is 4.98 Å². The fraction of sp³-hybridized carbons (Fsp3) is 0.111. The van der Waals surface area contributed by atoms with Crippen molar-refractivity contribution < 1.29 is 23.4 Å². The van der Waals surface area contributed by atoms with E-state index in [0.717, 1.165) is 6.07 Å². The van der Waals surface area contributed by atoms with Gasteiger partial charge in [0.2, 0.25) is 0 Å². The zero-order valence-electron chi connectivity index (χ0n) is 12.7. The molecule has 0 aliphatic carbocycles. The second-order valence-electron chi connectivity index (χ2n) is 5.10. The van der Waals surface area contributed by atoms with Gasteiger partial charge in [-0.25, -0.2) is 18.6 Å². The first kappa shape index (κ1) is 15.9. The Labute approximate surface area is 136 Å². The summed E-state index contributed by atoms with van der Waals surface area (Å²) in [6.45, 7) is 2.39. The molecule has 2 aromatic carbocycles. The number of fused-ring (bicyclic) bond motifs is 1. The molecule has 3 aromatic rings. The molecular weight excluding hydrogens is 316 g/mol. The Morgan fingerprint density at radius 1 is 1.17 bits per heavy atom. The second-order valence-corrected chi connectivity index (χ2v) is 5.10. The predicted molar refractivity (Wildman–Crippen MR) is 85.2 cm³/mol. The van der Waals surface area contributed by atoms with Crippen LogP contribution in [-0.4, -0.2) is 22.7 Å². The van der Waals surface area contributed by atoms with Gasteiger partial charge in [-0.1, -0.05) is 0 Å². The number of halogens is 2. The molecule has 0 saturated carbocycles. The Morgan fingerprint density at radius 2 is 1.88 bits per heavy atom. The minimum atomic E-state index is -1.31. The molecule has 1 N–H and O–H groups in total. The molecule has 1 heterocycles. The number of hydrogen-bond acceptors (Lipinski definition) is 3. The van der Waals surface area contributed by atoms with Crippen molar-refractivity contribution >= 4 is 16.9 Å². The lowest BCUT2D eigenvalue weighted by molar-refractivity contribution is 0.0698. The summed E-state index contributed by atoms with van der Waals surface area (Å²) in [5.74, 6) is -2.40. The van der Waals surface area contributed by atoms with E-state index >= 15 is 0 Å². The van der Waals surface area contributed by atoms with Crippen molar-refractivity contribution in [2.24, 2.45) is 0 Å². The first-order valence-corrected chi connectivity index (χ1v) is 7.26. The number of nitrogens with zero attached hydrogens (tertiary/aromatic N) is 1. The Hall–Kier alpha value is -3.02. The standard InChI is InChI=1S/C18H13F2NO3/c1-2-24-12-5-3-10(4-6-12)15-9-13(18(22)23)17-14(20)7-11(19)8-16(17)21-15/h3-9H,2H2,1H3,(H,22,23). The van der Waals surface area contributed by atoms with Crippen molar-refractivity contribution in [1.82, 2.24) is 4.98 Å². The van der Waals surface area contributed by atoms with E-state index in [9.17, 15) is 18.7 Å². The fourth-order valence-electron chi connectivity index (χ4n) is 2.49. The van der Waals surface area contributed by atoms with Gasteiger partial charge in [0, 0.05) is 17.7 Å². The van der Waals surface area contributed by atoms with Gasteiger partial charge >= 0.3 is 5.97 Å². The van der Waals surface area contributed by atoms with Crippen LogP contribution in [0.1, 0.15) is 17.3 Å². The minimum Gasteiger partial charge on any atom is -0.494 e. The van der Waals surface area contributed by atoms with E-state index in [4.69, 9.17) is 4.74 Å². The summed E-state index contributed by atoms with van der Waals surface area (Å²) in [6, 6.07) is 9.80. The molecule has 0 fully saturated rings. The molecule has 3 rings (SSSR count). The number of hydrogen-bond donors (Lipinski definition) is 1. The van der Waals surface area contributed by atoms with Crippen LogP contribution >= 0.6 is 0 Å². The summed E-state index contributed by atoms with van der Waals surface area (Å²) < 4.78 is 32.8. The SMILES string of the molecule is CCOc1ccc(-c2cc(C(=O)O)c3c(F)cc(F)cc3n2)cc1. The average molecular weight is 329 g/mol. The highest BCUT2D eigenvalue weighted by molar-refractivity contribution is 6.04. The van der Waals surface area contributed by atoms with Crippen molar-refractivity contribution in [3.05, 3.63) is 59.7 Å². The van der Waals surface area contributed by atoms with E-state index in [0.29, 0.717) is 29.7 Å². The lowest BCUT2D eigenvalue weighted by Gasteiger charge is -2.09. The number of aromatic carboxylic acids is 1. The fourth-order valence-corrected chi connectivity index (χ4v) is 2.49. The molecule has 6 heteroatoms. The van der Waals surface area contributed by atoms with Gasteiger partial charge in [0.05, 0.1) is 28.8 Å². The monoisotopic (exact) mass is 329 g/mol. The highest BCUT2D eigenvalue weighted by Gasteiger charge is 2.17. The van der Waals surface area contributed by atoms with Crippen molar-refractivity contribution in [3.8, 4) is 17.0 Å². The third-order valence-electron chi connectivity index (χ3n) is 3.52. The van der Waals surface area contributed by atoms with Crippen molar-refractivity contribution in [2.75, 3.05) is 6.61 Å². The van der Waals surface area contributed by atoms with E-state index < -0.39 is 17.6 Å². The third kappa shape index (κ3) is 2.90. The number of carboxylic acids is 1. The van der Waals surface area contributed by atoms with Gasteiger partial charge < -0.3 is 9.84 Å². The van der Waals surface area contributed by atoms with E-state index in [-0.39, 0.29) is 16.5 Å². The zero-order valence-corrected chi connectivity index (χ0v) is 12.7. The van der Waals surface area contributed by atoms with Gasteiger partial charge in [0.25, 0.3) is 0 Å². The quantitative estimate of drug-likeness (QED) is 0.776. The highest BCUT2D eigenvalue weighted by atomic mass is 19.1. The summed E-state index contributed by atoms with van der Waals surface area (Å²) in [5.41, 5.74) is 0.623. The van der Waals surface area contributed by atoms with Gasteiger partial charge in [-0.2, -0.15) is 0 Å². The molecule has 0 amide bonds. The summed E-state index contributed by atoms with van der Waals surface area (Å²) in [7, 11) is 0. The van der Waals surface area contributed by atoms with Crippen LogP contribution in [0.2, 0.25) is 0 Å². The molecule has 0 saturated heterocycles. The van der Waals surface area contributed by atoms with Gasteiger partial charge in [0.15, 0.2) is 0 Å². The molecule has 24 heavy (non-hydrogen) atoms. The van der Waals surface area contributed by atoms with Crippen molar-refractivity contribution in [3.63, 3.8) is 0 Å². The number of pyridine rings is 1. The average Bonchev–Trinajstić information content (AvgIpc) is 2.54. The Balaban J connectivity index is 2.20. The molecule has 0 aliphatic rings. The Kier molecular flexibility index (Phi) is 4.12. The highest BCUT2D eigenvalue weighted by Crippen LogP contribution is 2.28. The Bertz CT molecular complexity index is 924. The van der Waals surface area contributed by atoms with Gasteiger partial charge in [-0.05, 0) is 37.3 Å². The maximum absolute atomic E-state index is 14.0. The van der Waals surface area contributed by atoms with Crippen LogP contribution < -0.4 is 4.74 Å². The molecule has 0 spiro atoms.